The number of nitrogens with one attached hydrogen (secondary N) is 1. The van der Waals surface area contributed by atoms with E-state index in [4.69, 9.17) is 0 Å². The molecule has 1 N–H and O–H groups in total. The lowest BCUT2D eigenvalue weighted by molar-refractivity contribution is -0.118. The zero-order chi connectivity index (χ0) is 20.9. The molecule has 0 saturated heterocycles. The van der Waals surface area contributed by atoms with Gasteiger partial charge in [0, 0.05) is 22.7 Å². The van der Waals surface area contributed by atoms with Gasteiger partial charge in [-0.2, -0.15) is 4.98 Å². The van der Waals surface area contributed by atoms with Crippen LogP contribution in [0.5, 0.6) is 0 Å². The minimum absolute atomic E-state index is 0.0466. The summed E-state index contributed by atoms with van der Waals surface area (Å²) in [6, 6.07) is 12.2. The number of nitrogens with zero attached hydrogens (tertiary/aromatic N) is 2. The Morgan fingerprint density at radius 2 is 2.00 bits per heavy atom. The Bertz CT molecular complexity index is 1070. The Labute approximate surface area is 184 Å². The van der Waals surface area contributed by atoms with Gasteiger partial charge in [0.1, 0.15) is 5.03 Å². The smallest absolute Gasteiger partial charge is 0.349 e. The molecule has 30 heavy (non-hydrogen) atoms. The maximum atomic E-state index is 12.8. The fourth-order valence-corrected chi connectivity index (χ4v) is 5.28. The van der Waals surface area contributed by atoms with Gasteiger partial charge < -0.3 is 5.32 Å². The minimum atomic E-state index is -0.216. The lowest BCUT2D eigenvalue weighted by Crippen LogP contribution is -2.31. The fraction of sp³-hybridized carbons (Fsp3) is 0.348. The summed E-state index contributed by atoms with van der Waals surface area (Å²) in [6.07, 6.45) is 3.99. The van der Waals surface area contributed by atoms with Crippen LogP contribution < -0.4 is 11.0 Å². The number of thiophene rings is 1. The molecule has 3 aromatic rings. The Kier molecular flexibility index (Phi) is 6.69. The summed E-state index contributed by atoms with van der Waals surface area (Å²) in [6.45, 7) is 3.13. The first-order valence-electron chi connectivity index (χ1n) is 10.2. The SMILES string of the molecule is Cc1ccc(CNC(=O)CSc2nc(=O)n(Cc3cccs3)c3c2CCCC3)cc1. The highest BCUT2D eigenvalue weighted by atomic mass is 32.2. The average Bonchev–Trinajstić information content (AvgIpc) is 3.27. The van der Waals surface area contributed by atoms with E-state index in [-0.39, 0.29) is 17.3 Å². The molecule has 1 aliphatic carbocycles. The molecule has 0 fully saturated rings. The minimum Gasteiger partial charge on any atom is -0.351 e. The van der Waals surface area contributed by atoms with Gasteiger partial charge in [0.25, 0.3) is 0 Å². The van der Waals surface area contributed by atoms with Crippen LogP contribution in [0, 0.1) is 6.92 Å². The summed E-state index contributed by atoms with van der Waals surface area (Å²) >= 11 is 3.03. The predicted octanol–water partition coefficient (Wildman–Crippen LogP) is 3.95. The number of aromatic nitrogens is 2. The number of amides is 1. The molecule has 4 rings (SSSR count). The molecule has 0 unspecified atom stereocenters. The monoisotopic (exact) mass is 439 g/mol. The molecule has 156 valence electrons. The van der Waals surface area contributed by atoms with Crippen molar-refractivity contribution in [2.75, 3.05) is 5.75 Å². The Morgan fingerprint density at radius 3 is 2.77 bits per heavy atom. The van der Waals surface area contributed by atoms with E-state index < -0.39 is 0 Å². The number of thioether (sulfide) groups is 1. The van der Waals surface area contributed by atoms with E-state index >= 15 is 0 Å². The summed E-state index contributed by atoms with van der Waals surface area (Å²) < 4.78 is 1.82. The molecule has 0 spiro atoms. The third-order valence-electron chi connectivity index (χ3n) is 5.30. The number of aryl methyl sites for hydroxylation is 1. The second-order valence-electron chi connectivity index (χ2n) is 7.55. The molecule has 2 aromatic heterocycles. The largest absolute Gasteiger partial charge is 0.351 e. The Morgan fingerprint density at radius 1 is 1.20 bits per heavy atom. The molecule has 1 amide bonds. The van der Waals surface area contributed by atoms with Crippen LogP contribution >= 0.6 is 23.1 Å². The maximum Gasteiger partial charge on any atom is 0.349 e. The Balaban J connectivity index is 1.44. The van der Waals surface area contributed by atoms with Crippen molar-refractivity contribution >= 4 is 29.0 Å². The van der Waals surface area contributed by atoms with E-state index in [0.717, 1.165) is 52.4 Å². The van der Waals surface area contributed by atoms with Gasteiger partial charge in [-0.15, -0.1) is 11.3 Å². The predicted molar refractivity (Wildman–Crippen MR) is 122 cm³/mol. The molecule has 0 radical (unpaired) electrons. The highest BCUT2D eigenvalue weighted by Crippen LogP contribution is 2.29. The van der Waals surface area contributed by atoms with Crippen molar-refractivity contribution in [1.82, 2.24) is 14.9 Å². The van der Waals surface area contributed by atoms with Gasteiger partial charge >= 0.3 is 5.69 Å². The molecule has 1 aliphatic rings. The summed E-state index contributed by atoms with van der Waals surface area (Å²) in [5, 5.41) is 5.71. The van der Waals surface area contributed by atoms with Crippen molar-refractivity contribution in [3.05, 3.63) is 79.5 Å². The lowest BCUT2D eigenvalue weighted by atomic mass is 9.97. The van der Waals surface area contributed by atoms with E-state index in [1.807, 2.05) is 53.3 Å². The van der Waals surface area contributed by atoms with Crippen LogP contribution in [0.2, 0.25) is 0 Å². The first-order chi connectivity index (χ1) is 14.6. The van der Waals surface area contributed by atoms with E-state index in [9.17, 15) is 9.59 Å². The van der Waals surface area contributed by atoms with Gasteiger partial charge in [-0.05, 0) is 49.6 Å². The molecule has 0 atom stereocenters. The van der Waals surface area contributed by atoms with E-state index in [0.29, 0.717) is 13.1 Å². The second kappa shape index (κ2) is 9.62. The van der Waals surface area contributed by atoms with Crippen molar-refractivity contribution in [2.24, 2.45) is 0 Å². The van der Waals surface area contributed by atoms with Crippen LogP contribution in [0.4, 0.5) is 0 Å². The molecule has 0 bridgehead atoms. The third kappa shape index (κ3) is 5.02. The highest BCUT2D eigenvalue weighted by Gasteiger charge is 2.21. The van der Waals surface area contributed by atoms with E-state index in [2.05, 4.69) is 10.3 Å². The zero-order valence-corrected chi connectivity index (χ0v) is 18.7. The molecule has 1 aromatic carbocycles. The van der Waals surface area contributed by atoms with Gasteiger partial charge in [0.05, 0.1) is 12.3 Å². The van der Waals surface area contributed by atoms with Crippen LogP contribution in [0.3, 0.4) is 0 Å². The van der Waals surface area contributed by atoms with E-state index in [1.54, 1.807) is 11.3 Å². The second-order valence-corrected chi connectivity index (χ2v) is 9.54. The lowest BCUT2D eigenvalue weighted by Gasteiger charge is -2.22. The Hall–Kier alpha value is -2.38. The molecular weight excluding hydrogens is 414 g/mol. The van der Waals surface area contributed by atoms with Gasteiger partial charge in [0.15, 0.2) is 0 Å². The van der Waals surface area contributed by atoms with Crippen molar-refractivity contribution in [3.8, 4) is 0 Å². The number of carbonyl (C=O) groups excluding carboxylic acids is 1. The fourth-order valence-electron chi connectivity index (χ4n) is 3.68. The molecular formula is C23H25N3O2S2. The third-order valence-corrected chi connectivity index (χ3v) is 7.17. The number of benzene rings is 1. The number of rotatable bonds is 7. The topological polar surface area (TPSA) is 64.0 Å². The zero-order valence-electron chi connectivity index (χ0n) is 17.0. The van der Waals surface area contributed by atoms with Gasteiger partial charge in [-0.1, -0.05) is 47.7 Å². The maximum absolute atomic E-state index is 12.8. The summed E-state index contributed by atoms with van der Waals surface area (Å²) in [4.78, 5) is 30.6. The van der Waals surface area contributed by atoms with Gasteiger partial charge in [0.2, 0.25) is 5.91 Å². The normalized spacial score (nSPS) is 13.1. The van der Waals surface area contributed by atoms with Crippen LogP contribution in [0.15, 0.2) is 51.6 Å². The van der Waals surface area contributed by atoms with Crippen molar-refractivity contribution in [1.29, 1.82) is 0 Å². The van der Waals surface area contributed by atoms with E-state index in [1.165, 1.54) is 17.3 Å². The van der Waals surface area contributed by atoms with Crippen molar-refractivity contribution in [2.45, 2.75) is 50.7 Å². The van der Waals surface area contributed by atoms with Gasteiger partial charge in [-0.3, -0.25) is 9.36 Å². The standard InChI is InChI=1S/C23H25N3O2S2/c1-16-8-10-17(11-9-16)13-24-21(27)15-30-22-19-6-2-3-7-20(19)26(23(28)25-22)14-18-5-4-12-29-18/h4-5,8-12H,2-3,6-7,13-15H2,1H3,(H,24,27). The number of fused-ring (bicyclic) bond motifs is 1. The molecule has 7 heteroatoms. The number of hydrogen-bond acceptors (Lipinski definition) is 5. The number of hydrogen-bond donors (Lipinski definition) is 1. The average molecular weight is 440 g/mol. The first-order valence-corrected chi connectivity index (χ1v) is 12.1. The first kappa shape index (κ1) is 20.9. The quantitative estimate of drug-likeness (QED) is 0.447. The summed E-state index contributed by atoms with van der Waals surface area (Å²) in [5.74, 6) is 0.217. The molecule has 0 saturated carbocycles. The van der Waals surface area contributed by atoms with Crippen LogP contribution in [0.25, 0.3) is 0 Å². The van der Waals surface area contributed by atoms with Crippen LogP contribution in [-0.2, 0) is 30.7 Å². The summed E-state index contributed by atoms with van der Waals surface area (Å²) in [5.41, 5.74) is 4.30. The van der Waals surface area contributed by atoms with Crippen LogP contribution in [0.1, 0.15) is 40.1 Å². The van der Waals surface area contributed by atoms with Crippen LogP contribution in [-0.4, -0.2) is 21.2 Å². The van der Waals surface area contributed by atoms with Crippen molar-refractivity contribution in [3.63, 3.8) is 0 Å². The summed E-state index contributed by atoms with van der Waals surface area (Å²) in [7, 11) is 0. The highest BCUT2D eigenvalue weighted by molar-refractivity contribution is 7.99. The van der Waals surface area contributed by atoms with Gasteiger partial charge in [-0.25, -0.2) is 4.79 Å². The van der Waals surface area contributed by atoms with Crippen molar-refractivity contribution < 1.29 is 4.79 Å². The molecule has 5 nitrogen and oxygen atoms in total. The molecule has 0 aliphatic heterocycles. The molecule has 2 heterocycles. The number of carbonyl (C=O) groups is 1.